The van der Waals surface area contributed by atoms with Gasteiger partial charge in [0, 0.05) is 12.0 Å². The van der Waals surface area contributed by atoms with Crippen molar-refractivity contribution in [2.75, 3.05) is 6.54 Å². The molecule has 2 rings (SSSR count). The van der Waals surface area contributed by atoms with Crippen LogP contribution in [0.3, 0.4) is 0 Å². The molecule has 110 valence electrons. The molecule has 1 atom stereocenters. The van der Waals surface area contributed by atoms with Crippen molar-refractivity contribution in [3.05, 3.63) is 35.6 Å². The molecular weight excluding hydrogens is 255 g/mol. The van der Waals surface area contributed by atoms with Gasteiger partial charge < -0.3 is 11.1 Å². The Hall–Kier alpha value is -1.42. The van der Waals surface area contributed by atoms with E-state index in [4.69, 9.17) is 5.73 Å². The lowest BCUT2D eigenvalue weighted by Gasteiger charge is -2.25. The van der Waals surface area contributed by atoms with Crippen molar-refractivity contribution in [1.29, 1.82) is 0 Å². The Morgan fingerprint density at radius 2 is 2.05 bits per heavy atom. The third-order valence-electron chi connectivity index (χ3n) is 4.04. The van der Waals surface area contributed by atoms with Crippen LogP contribution in [0.1, 0.15) is 50.1 Å². The first-order valence-electron chi connectivity index (χ1n) is 7.46. The molecule has 0 heterocycles. The summed E-state index contributed by atoms with van der Waals surface area (Å²) in [7, 11) is 0. The number of nitrogens with two attached hydrogens (primary N) is 1. The van der Waals surface area contributed by atoms with E-state index in [1.54, 1.807) is 12.1 Å². The number of halogens is 1. The molecule has 20 heavy (non-hydrogen) atoms. The van der Waals surface area contributed by atoms with Gasteiger partial charge in [0.15, 0.2) is 0 Å². The summed E-state index contributed by atoms with van der Waals surface area (Å²) in [6.07, 6.45) is 5.50. The number of hydrogen-bond donors (Lipinski definition) is 2. The van der Waals surface area contributed by atoms with Gasteiger partial charge in [0.2, 0.25) is 5.91 Å². The zero-order chi connectivity index (χ0) is 14.4. The molecule has 1 aromatic carbocycles. The van der Waals surface area contributed by atoms with Gasteiger partial charge in [-0.2, -0.15) is 0 Å². The maximum Gasteiger partial charge on any atom is 0.220 e. The molecule has 0 aliphatic heterocycles. The number of rotatable bonds is 6. The van der Waals surface area contributed by atoms with Crippen LogP contribution in [0.2, 0.25) is 0 Å². The zero-order valence-electron chi connectivity index (χ0n) is 11.8. The van der Waals surface area contributed by atoms with Gasteiger partial charge in [0.25, 0.3) is 0 Å². The average Bonchev–Trinajstić information content (AvgIpc) is 2.97. The van der Waals surface area contributed by atoms with E-state index < -0.39 is 0 Å². The predicted molar refractivity (Wildman–Crippen MR) is 77.5 cm³/mol. The smallest absolute Gasteiger partial charge is 0.220 e. The van der Waals surface area contributed by atoms with Crippen LogP contribution in [0.25, 0.3) is 0 Å². The number of carbonyl (C=O) groups excluding carboxylic acids is 1. The maximum absolute atomic E-state index is 14.0. The van der Waals surface area contributed by atoms with E-state index in [0.29, 0.717) is 30.9 Å². The summed E-state index contributed by atoms with van der Waals surface area (Å²) in [5, 5.41) is 3.02. The molecule has 1 aliphatic carbocycles. The molecule has 1 aliphatic rings. The Bertz CT molecular complexity index is 444. The third kappa shape index (κ3) is 3.79. The Labute approximate surface area is 119 Å². The van der Waals surface area contributed by atoms with Crippen LogP contribution in [0.5, 0.6) is 0 Å². The fourth-order valence-corrected chi connectivity index (χ4v) is 2.98. The van der Waals surface area contributed by atoms with Crippen molar-refractivity contribution in [2.24, 2.45) is 11.7 Å². The minimum Gasteiger partial charge on any atom is -0.349 e. The van der Waals surface area contributed by atoms with E-state index in [1.807, 2.05) is 6.07 Å². The first kappa shape index (κ1) is 15.0. The molecule has 0 aromatic heterocycles. The highest BCUT2D eigenvalue weighted by Crippen LogP contribution is 2.36. The number of carbonyl (C=O) groups is 1. The van der Waals surface area contributed by atoms with Gasteiger partial charge in [0.1, 0.15) is 5.82 Å². The second kappa shape index (κ2) is 7.39. The average molecular weight is 278 g/mol. The van der Waals surface area contributed by atoms with Crippen LogP contribution < -0.4 is 11.1 Å². The van der Waals surface area contributed by atoms with Crippen molar-refractivity contribution in [2.45, 2.75) is 44.6 Å². The second-order valence-corrected chi connectivity index (χ2v) is 5.50. The first-order valence-corrected chi connectivity index (χ1v) is 7.46. The first-order chi connectivity index (χ1) is 9.72. The molecular formula is C16H23FN2O. The van der Waals surface area contributed by atoms with E-state index in [0.717, 1.165) is 25.7 Å². The molecule has 3 N–H and O–H groups in total. The summed E-state index contributed by atoms with van der Waals surface area (Å²) in [4.78, 5) is 12.0. The van der Waals surface area contributed by atoms with Crippen molar-refractivity contribution >= 4 is 5.91 Å². The second-order valence-electron chi connectivity index (χ2n) is 5.50. The van der Waals surface area contributed by atoms with Crippen molar-refractivity contribution < 1.29 is 9.18 Å². The van der Waals surface area contributed by atoms with Crippen LogP contribution in [-0.4, -0.2) is 12.5 Å². The minimum atomic E-state index is -0.233. The van der Waals surface area contributed by atoms with Gasteiger partial charge in [0.05, 0.1) is 6.04 Å². The fourth-order valence-electron chi connectivity index (χ4n) is 2.98. The maximum atomic E-state index is 14.0. The fraction of sp³-hybridized carbons (Fsp3) is 0.562. The summed E-state index contributed by atoms with van der Waals surface area (Å²) < 4.78 is 14.0. The molecule has 1 saturated carbocycles. The molecule has 1 amide bonds. The monoisotopic (exact) mass is 278 g/mol. The van der Waals surface area contributed by atoms with E-state index >= 15 is 0 Å². The third-order valence-corrected chi connectivity index (χ3v) is 4.04. The number of amides is 1. The highest BCUT2D eigenvalue weighted by atomic mass is 19.1. The largest absolute Gasteiger partial charge is 0.349 e. The van der Waals surface area contributed by atoms with Gasteiger partial charge >= 0.3 is 0 Å². The quantitative estimate of drug-likeness (QED) is 0.840. The summed E-state index contributed by atoms with van der Waals surface area (Å²) in [5.74, 6) is 0.0767. The van der Waals surface area contributed by atoms with Gasteiger partial charge in [-0.05, 0) is 37.8 Å². The predicted octanol–water partition coefficient (Wildman–Crippen LogP) is 2.91. The van der Waals surface area contributed by atoms with Crippen LogP contribution in [0.15, 0.2) is 24.3 Å². The topological polar surface area (TPSA) is 55.1 Å². The lowest BCUT2D eigenvalue weighted by atomic mass is 9.91. The van der Waals surface area contributed by atoms with Crippen LogP contribution in [0, 0.1) is 11.7 Å². The van der Waals surface area contributed by atoms with Gasteiger partial charge in [-0.15, -0.1) is 0 Å². The van der Waals surface area contributed by atoms with Crippen LogP contribution in [0.4, 0.5) is 4.39 Å². The van der Waals surface area contributed by atoms with Crippen molar-refractivity contribution in [1.82, 2.24) is 5.32 Å². The SMILES string of the molecule is NCCCC(=O)NC(c1ccccc1F)C1CCCC1. The van der Waals surface area contributed by atoms with E-state index in [-0.39, 0.29) is 17.8 Å². The summed E-state index contributed by atoms with van der Waals surface area (Å²) in [6.45, 7) is 0.501. The molecule has 1 fully saturated rings. The molecule has 0 saturated heterocycles. The van der Waals surface area contributed by atoms with E-state index in [1.165, 1.54) is 6.07 Å². The minimum absolute atomic E-state index is 0.0318. The number of benzene rings is 1. The van der Waals surface area contributed by atoms with Crippen molar-refractivity contribution in [3.8, 4) is 0 Å². The van der Waals surface area contributed by atoms with Crippen molar-refractivity contribution in [3.63, 3.8) is 0 Å². The molecule has 0 bridgehead atoms. The normalized spacial score (nSPS) is 17.1. The Morgan fingerprint density at radius 3 is 2.70 bits per heavy atom. The lowest BCUT2D eigenvalue weighted by molar-refractivity contribution is -0.122. The molecule has 4 heteroatoms. The highest BCUT2D eigenvalue weighted by molar-refractivity contribution is 5.76. The summed E-state index contributed by atoms with van der Waals surface area (Å²) in [6, 6.07) is 6.54. The zero-order valence-corrected chi connectivity index (χ0v) is 11.8. The molecule has 1 unspecified atom stereocenters. The molecule has 0 radical (unpaired) electrons. The highest BCUT2D eigenvalue weighted by Gasteiger charge is 2.29. The molecule has 0 spiro atoms. The van der Waals surface area contributed by atoms with E-state index in [9.17, 15) is 9.18 Å². The molecule has 1 aromatic rings. The summed E-state index contributed by atoms with van der Waals surface area (Å²) >= 11 is 0. The van der Waals surface area contributed by atoms with Gasteiger partial charge in [-0.1, -0.05) is 31.0 Å². The van der Waals surface area contributed by atoms with E-state index in [2.05, 4.69) is 5.32 Å². The van der Waals surface area contributed by atoms with Gasteiger partial charge in [-0.25, -0.2) is 4.39 Å². The van der Waals surface area contributed by atoms with Gasteiger partial charge in [-0.3, -0.25) is 4.79 Å². The Morgan fingerprint density at radius 1 is 1.35 bits per heavy atom. The Kier molecular flexibility index (Phi) is 5.53. The Balaban J connectivity index is 2.12. The summed E-state index contributed by atoms with van der Waals surface area (Å²) in [5.41, 5.74) is 6.04. The van der Waals surface area contributed by atoms with Crippen LogP contribution in [-0.2, 0) is 4.79 Å². The standard InChI is InChI=1S/C16H23FN2O/c17-14-9-4-3-8-13(14)16(12-6-1-2-7-12)19-15(20)10-5-11-18/h3-4,8-9,12,16H,1-2,5-7,10-11,18H2,(H,19,20). The molecule has 3 nitrogen and oxygen atoms in total. The van der Waals surface area contributed by atoms with Crippen LogP contribution >= 0.6 is 0 Å². The number of hydrogen-bond acceptors (Lipinski definition) is 2. The lowest BCUT2D eigenvalue weighted by Crippen LogP contribution is -2.33. The number of nitrogens with one attached hydrogen (secondary N) is 1.